The Bertz CT molecular complexity index is 462. The molecule has 0 bridgehead atoms. The highest BCUT2D eigenvalue weighted by molar-refractivity contribution is 5.37. The van der Waals surface area contributed by atoms with Crippen molar-refractivity contribution in [1.29, 1.82) is 0 Å². The molecular weight excluding hydrogens is 260 g/mol. The fourth-order valence-corrected chi connectivity index (χ4v) is 4.04. The molecule has 1 saturated heterocycles. The number of hydrogen-bond acceptors (Lipinski definition) is 3. The molecule has 1 aromatic rings. The Morgan fingerprint density at radius 3 is 2.67 bits per heavy atom. The average Bonchev–Trinajstić information content (AvgIpc) is 3.06. The van der Waals surface area contributed by atoms with Crippen molar-refractivity contribution < 1.29 is 4.74 Å². The Morgan fingerprint density at radius 2 is 2.00 bits per heavy atom. The molecule has 1 aliphatic carbocycles. The smallest absolute Gasteiger partial charge is 0.123 e. The monoisotopic (exact) mass is 288 g/mol. The normalized spacial score (nSPS) is 25.2. The molecule has 1 aromatic carbocycles. The Morgan fingerprint density at radius 1 is 1.24 bits per heavy atom. The lowest BCUT2D eigenvalue weighted by molar-refractivity contribution is 0.296. The van der Waals surface area contributed by atoms with Gasteiger partial charge >= 0.3 is 0 Å². The van der Waals surface area contributed by atoms with Gasteiger partial charge in [0.15, 0.2) is 0 Å². The summed E-state index contributed by atoms with van der Waals surface area (Å²) in [7, 11) is 1.78. The summed E-state index contributed by atoms with van der Waals surface area (Å²) in [6, 6.07) is 6.61. The number of nitrogens with zero attached hydrogens (tertiary/aromatic N) is 1. The van der Waals surface area contributed by atoms with Crippen LogP contribution in [-0.4, -0.2) is 31.6 Å². The van der Waals surface area contributed by atoms with Gasteiger partial charge in [-0.1, -0.05) is 19.4 Å². The molecule has 3 rings (SSSR count). The number of rotatable bonds is 6. The van der Waals surface area contributed by atoms with E-state index in [9.17, 15) is 0 Å². The van der Waals surface area contributed by atoms with Gasteiger partial charge < -0.3 is 10.1 Å². The maximum absolute atomic E-state index is 5.56. The molecule has 3 heteroatoms. The van der Waals surface area contributed by atoms with E-state index in [1.807, 2.05) is 0 Å². The molecule has 3 nitrogen and oxygen atoms in total. The first-order valence-corrected chi connectivity index (χ1v) is 8.39. The van der Waals surface area contributed by atoms with Crippen molar-refractivity contribution in [3.05, 3.63) is 29.3 Å². The van der Waals surface area contributed by atoms with E-state index in [1.54, 1.807) is 7.11 Å². The molecule has 2 atom stereocenters. The molecule has 2 aliphatic rings. The second-order valence-corrected chi connectivity index (χ2v) is 6.57. The van der Waals surface area contributed by atoms with Crippen molar-refractivity contribution in [2.75, 3.05) is 26.7 Å². The maximum atomic E-state index is 5.56. The second kappa shape index (κ2) is 6.80. The number of hydrogen-bond donors (Lipinski definition) is 1. The van der Waals surface area contributed by atoms with Gasteiger partial charge in [-0.2, -0.15) is 0 Å². The summed E-state index contributed by atoms with van der Waals surface area (Å²) in [4.78, 5) is 2.63. The lowest BCUT2D eigenvalue weighted by Crippen LogP contribution is -2.21. The van der Waals surface area contributed by atoms with Crippen LogP contribution >= 0.6 is 0 Å². The molecule has 1 heterocycles. The van der Waals surface area contributed by atoms with Gasteiger partial charge in [0.05, 0.1) is 7.11 Å². The van der Waals surface area contributed by atoms with Crippen molar-refractivity contribution in [2.45, 2.75) is 39.3 Å². The van der Waals surface area contributed by atoms with E-state index in [-0.39, 0.29) is 0 Å². The lowest BCUT2D eigenvalue weighted by atomic mass is 10.0. The minimum Gasteiger partial charge on any atom is -0.496 e. The maximum Gasteiger partial charge on any atom is 0.123 e. The number of methoxy groups -OCH3 is 1. The highest BCUT2D eigenvalue weighted by Crippen LogP contribution is 2.38. The predicted molar refractivity (Wildman–Crippen MR) is 86.5 cm³/mol. The molecule has 2 fully saturated rings. The summed E-state index contributed by atoms with van der Waals surface area (Å²) in [5.41, 5.74) is 2.69. The summed E-state index contributed by atoms with van der Waals surface area (Å²) in [6.45, 7) is 7.70. The summed E-state index contributed by atoms with van der Waals surface area (Å²) in [5.74, 6) is 2.95. The minimum atomic E-state index is 0.943. The number of ether oxygens (including phenoxy) is 1. The fraction of sp³-hybridized carbons (Fsp3) is 0.667. The molecule has 0 amide bonds. The number of nitrogens with one attached hydrogen (secondary N) is 1. The van der Waals surface area contributed by atoms with Crippen LogP contribution in [0.1, 0.15) is 37.3 Å². The Kier molecular flexibility index (Phi) is 4.81. The van der Waals surface area contributed by atoms with Crippen molar-refractivity contribution in [1.82, 2.24) is 10.2 Å². The first-order valence-electron chi connectivity index (χ1n) is 8.39. The summed E-state index contributed by atoms with van der Waals surface area (Å²) < 4.78 is 5.56. The molecule has 0 aromatic heterocycles. The van der Waals surface area contributed by atoms with Gasteiger partial charge in [-0.25, -0.2) is 0 Å². The van der Waals surface area contributed by atoms with Crippen LogP contribution in [0.2, 0.25) is 0 Å². The van der Waals surface area contributed by atoms with Crippen molar-refractivity contribution >= 4 is 0 Å². The van der Waals surface area contributed by atoms with Crippen LogP contribution in [0.15, 0.2) is 18.2 Å². The van der Waals surface area contributed by atoms with Gasteiger partial charge in [0.1, 0.15) is 5.75 Å². The molecule has 1 saturated carbocycles. The van der Waals surface area contributed by atoms with Gasteiger partial charge in [0, 0.05) is 31.7 Å². The third kappa shape index (κ3) is 3.41. The van der Waals surface area contributed by atoms with E-state index >= 15 is 0 Å². The average molecular weight is 288 g/mol. The minimum absolute atomic E-state index is 0.943. The van der Waals surface area contributed by atoms with E-state index in [1.165, 1.54) is 43.5 Å². The van der Waals surface area contributed by atoms with Gasteiger partial charge in [-0.3, -0.25) is 4.90 Å². The quantitative estimate of drug-likeness (QED) is 0.871. The van der Waals surface area contributed by atoms with Crippen LogP contribution in [0, 0.1) is 11.8 Å². The van der Waals surface area contributed by atoms with E-state index in [2.05, 4.69) is 35.3 Å². The van der Waals surface area contributed by atoms with Crippen molar-refractivity contribution in [2.24, 2.45) is 11.8 Å². The molecule has 0 radical (unpaired) electrons. The van der Waals surface area contributed by atoms with Crippen LogP contribution in [-0.2, 0) is 13.1 Å². The highest BCUT2D eigenvalue weighted by Gasteiger charge is 2.35. The zero-order valence-corrected chi connectivity index (χ0v) is 13.4. The van der Waals surface area contributed by atoms with Crippen LogP contribution in [0.3, 0.4) is 0 Å². The zero-order chi connectivity index (χ0) is 14.7. The molecule has 1 aliphatic heterocycles. The van der Waals surface area contributed by atoms with E-state index in [0.717, 1.165) is 37.2 Å². The van der Waals surface area contributed by atoms with Crippen molar-refractivity contribution in [3.63, 3.8) is 0 Å². The summed E-state index contributed by atoms with van der Waals surface area (Å²) in [6.07, 6.45) is 4.34. The molecule has 2 unspecified atom stereocenters. The number of likely N-dealkylation sites (tertiary alicyclic amines) is 1. The molecule has 1 N–H and O–H groups in total. The van der Waals surface area contributed by atoms with Crippen LogP contribution < -0.4 is 10.1 Å². The Labute approximate surface area is 128 Å². The van der Waals surface area contributed by atoms with Crippen molar-refractivity contribution in [3.8, 4) is 5.75 Å². The largest absolute Gasteiger partial charge is 0.496 e. The molecule has 116 valence electrons. The summed E-state index contributed by atoms with van der Waals surface area (Å²) in [5, 5.41) is 3.40. The predicted octanol–water partition coefficient (Wildman–Crippen LogP) is 3.04. The first-order chi connectivity index (χ1) is 10.3. The molecule has 21 heavy (non-hydrogen) atoms. The van der Waals surface area contributed by atoms with Gasteiger partial charge in [-0.05, 0) is 48.9 Å². The SMILES string of the molecule is CCNCc1ccc(OC)c(CN2CC3CCCC3C2)c1. The van der Waals surface area contributed by atoms with E-state index in [0.29, 0.717) is 0 Å². The van der Waals surface area contributed by atoms with Crippen LogP contribution in [0.4, 0.5) is 0 Å². The fourth-order valence-electron chi connectivity index (χ4n) is 4.04. The topological polar surface area (TPSA) is 24.5 Å². The number of fused-ring (bicyclic) bond motifs is 1. The van der Waals surface area contributed by atoms with Crippen LogP contribution in [0.5, 0.6) is 5.75 Å². The van der Waals surface area contributed by atoms with Gasteiger partial charge in [-0.15, -0.1) is 0 Å². The third-order valence-electron chi connectivity index (χ3n) is 5.12. The van der Waals surface area contributed by atoms with E-state index < -0.39 is 0 Å². The summed E-state index contributed by atoms with van der Waals surface area (Å²) >= 11 is 0. The highest BCUT2D eigenvalue weighted by atomic mass is 16.5. The Hall–Kier alpha value is -1.06. The zero-order valence-electron chi connectivity index (χ0n) is 13.4. The lowest BCUT2D eigenvalue weighted by Gasteiger charge is -2.19. The second-order valence-electron chi connectivity index (χ2n) is 6.57. The van der Waals surface area contributed by atoms with E-state index in [4.69, 9.17) is 4.74 Å². The Balaban J connectivity index is 1.68. The molecule has 0 spiro atoms. The standard InChI is InChI=1S/C18H28N2O/c1-3-19-10-14-7-8-18(21-2)17(9-14)13-20-11-15-5-4-6-16(15)12-20/h7-9,15-16,19H,3-6,10-13H2,1-2H3. The third-order valence-corrected chi connectivity index (χ3v) is 5.12. The first kappa shape index (κ1) is 14.9. The molecular formula is C18H28N2O. The number of benzene rings is 1. The van der Waals surface area contributed by atoms with Crippen LogP contribution in [0.25, 0.3) is 0 Å². The van der Waals surface area contributed by atoms with Gasteiger partial charge in [0.25, 0.3) is 0 Å². The van der Waals surface area contributed by atoms with Gasteiger partial charge in [0.2, 0.25) is 0 Å².